The van der Waals surface area contributed by atoms with Gasteiger partial charge in [-0.1, -0.05) is 44.2 Å². The van der Waals surface area contributed by atoms with E-state index in [-0.39, 0.29) is 30.1 Å². The Kier molecular flexibility index (Phi) is 10.1. The highest BCUT2D eigenvalue weighted by Crippen LogP contribution is 2.25. The largest absolute Gasteiger partial charge is 0.344 e. The Morgan fingerprint density at radius 2 is 1.81 bits per heavy atom. The molecule has 13 heteroatoms. The van der Waals surface area contributed by atoms with Crippen LogP contribution in [0.15, 0.2) is 30.3 Å². The van der Waals surface area contributed by atoms with Crippen molar-refractivity contribution in [2.45, 2.75) is 77.5 Å². The van der Waals surface area contributed by atoms with Gasteiger partial charge in [-0.05, 0) is 43.6 Å². The van der Waals surface area contributed by atoms with Gasteiger partial charge in [-0.15, -0.1) is 10.2 Å². The first kappa shape index (κ1) is 30.7. The van der Waals surface area contributed by atoms with Crippen LogP contribution in [0.3, 0.4) is 0 Å². The Bertz CT molecular complexity index is 1420. The summed E-state index contributed by atoms with van der Waals surface area (Å²) in [6, 6.07) is 8.59. The van der Waals surface area contributed by atoms with E-state index in [2.05, 4.69) is 20.8 Å². The third kappa shape index (κ3) is 7.26. The van der Waals surface area contributed by atoms with Gasteiger partial charge in [0.1, 0.15) is 11.9 Å². The molecule has 43 heavy (non-hydrogen) atoms. The summed E-state index contributed by atoms with van der Waals surface area (Å²) in [6.07, 6.45) is 5.96. The molecule has 0 aliphatic carbocycles. The molecule has 0 bridgehead atoms. The van der Waals surface area contributed by atoms with Crippen LogP contribution >= 0.6 is 11.8 Å². The molecule has 0 saturated heterocycles. The highest BCUT2D eigenvalue weighted by atomic mass is 32.2. The van der Waals surface area contributed by atoms with Crippen LogP contribution in [0, 0.1) is 5.92 Å². The van der Waals surface area contributed by atoms with Crippen LogP contribution in [-0.4, -0.2) is 83.3 Å². The van der Waals surface area contributed by atoms with Crippen molar-refractivity contribution in [3.05, 3.63) is 47.8 Å². The van der Waals surface area contributed by atoms with E-state index in [1.54, 1.807) is 16.7 Å². The van der Waals surface area contributed by atoms with Crippen LogP contribution in [0.25, 0.3) is 11.4 Å². The maximum Gasteiger partial charge on any atom is 0.291 e. The molecule has 5 rings (SSSR count). The Hall–Kier alpha value is -3.74. The number of nitrogens with zero attached hydrogens (tertiary/aromatic N) is 7. The molecule has 2 atom stereocenters. The fourth-order valence-corrected chi connectivity index (χ4v) is 6.05. The maximum absolute atomic E-state index is 13.9. The normalized spacial score (nSPS) is 20.1. The van der Waals surface area contributed by atoms with Crippen LogP contribution in [0.2, 0.25) is 0 Å². The van der Waals surface area contributed by atoms with E-state index in [1.807, 2.05) is 59.7 Å². The van der Waals surface area contributed by atoms with Crippen LogP contribution in [0.4, 0.5) is 0 Å². The zero-order valence-electron chi connectivity index (χ0n) is 25.2. The van der Waals surface area contributed by atoms with Crippen molar-refractivity contribution in [3.8, 4) is 11.4 Å². The summed E-state index contributed by atoms with van der Waals surface area (Å²) in [5, 5.41) is 19.5. The predicted molar refractivity (Wildman–Crippen MR) is 164 cm³/mol. The number of carbonyl (C=O) groups excluding carboxylic acids is 3. The average Bonchev–Trinajstić information content (AvgIpc) is 3.64. The van der Waals surface area contributed by atoms with Crippen LogP contribution < -0.4 is 10.6 Å². The van der Waals surface area contributed by atoms with Gasteiger partial charge in [0.25, 0.3) is 5.91 Å². The highest BCUT2D eigenvalue weighted by Gasteiger charge is 2.31. The molecular weight excluding hydrogens is 566 g/mol. The first-order valence-electron chi connectivity index (χ1n) is 15.2. The van der Waals surface area contributed by atoms with Gasteiger partial charge in [0, 0.05) is 38.0 Å². The Morgan fingerprint density at radius 3 is 2.58 bits per heavy atom. The van der Waals surface area contributed by atoms with E-state index < -0.39 is 12.1 Å². The molecule has 12 nitrogen and oxygen atoms in total. The molecular formula is C30H41N9O3S. The van der Waals surface area contributed by atoms with E-state index >= 15 is 0 Å². The number of fused-ring (bicyclic) bond motifs is 2. The van der Waals surface area contributed by atoms with Crippen LogP contribution in [0.5, 0.6) is 0 Å². The predicted octanol–water partition coefficient (Wildman–Crippen LogP) is 2.86. The number of rotatable bonds is 6. The van der Waals surface area contributed by atoms with Crippen molar-refractivity contribution in [2.24, 2.45) is 5.92 Å². The molecule has 2 aromatic heterocycles. The number of benzene rings is 1. The third-order valence-corrected chi connectivity index (χ3v) is 8.63. The molecule has 1 aromatic carbocycles. The van der Waals surface area contributed by atoms with Gasteiger partial charge in [0.05, 0.1) is 12.6 Å². The van der Waals surface area contributed by atoms with Gasteiger partial charge in [-0.25, -0.2) is 9.67 Å². The number of carbonyl (C=O) groups is 3. The van der Waals surface area contributed by atoms with E-state index in [0.29, 0.717) is 49.9 Å². The molecule has 0 saturated carbocycles. The van der Waals surface area contributed by atoms with Gasteiger partial charge < -0.3 is 20.1 Å². The lowest BCUT2D eigenvalue weighted by Crippen LogP contribution is -2.49. The minimum absolute atomic E-state index is 0.0134. The first-order chi connectivity index (χ1) is 20.9. The third-order valence-electron chi connectivity index (χ3n) is 7.99. The summed E-state index contributed by atoms with van der Waals surface area (Å²) in [5.74, 6) is 2.42. The molecule has 2 N–H and O–H groups in total. The number of nitrogens with one attached hydrogen (secondary N) is 2. The van der Waals surface area contributed by atoms with Gasteiger partial charge in [0.2, 0.25) is 17.6 Å². The minimum Gasteiger partial charge on any atom is -0.344 e. The van der Waals surface area contributed by atoms with Crippen molar-refractivity contribution in [2.75, 3.05) is 25.1 Å². The van der Waals surface area contributed by atoms with Gasteiger partial charge in [0.15, 0.2) is 11.6 Å². The molecule has 230 valence electrons. The summed E-state index contributed by atoms with van der Waals surface area (Å²) in [7, 11) is 0. The zero-order valence-corrected chi connectivity index (χ0v) is 26.0. The number of aryl methyl sites for hydroxylation is 1. The topological polar surface area (TPSA) is 140 Å². The molecule has 0 fully saturated rings. The highest BCUT2D eigenvalue weighted by molar-refractivity contribution is 7.98. The lowest BCUT2D eigenvalue weighted by Gasteiger charge is -2.28. The molecule has 2 aliphatic heterocycles. The van der Waals surface area contributed by atoms with Gasteiger partial charge in [-0.3, -0.25) is 14.4 Å². The number of thioether (sulfide) groups is 1. The zero-order chi connectivity index (χ0) is 30.3. The number of amides is 3. The summed E-state index contributed by atoms with van der Waals surface area (Å²) in [5.41, 5.74) is 0.863. The summed E-state index contributed by atoms with van der Waals surface area (Å²) in [6.45, 7) is 5.83. The smallest absolute Gasteiger partial charge is 0.291 e. The second kappa shape index (κ2) is 14.2. The monoisotopic (exact) mass is 607 g/mol. The molecule has 0 radical (unpaired) electrons. The first-order valence-corrected chi connectivity index (χ1v) is 16.5. The van der Waals surface area contributed by atoms with E-state index in [4.69, 9.17) is 10.1 Å². The van der Waals surface area contributed by atoms with Crippen molar-refractivity contribution >= 4 is 29.5 Å². The van der Waals surface area contributed by atoms with Crippen LogP contribution in [-0.2, 0) is 29.1 Å². The standard InChI is InChI=1S/C30H41N9O3S/c1-20(2)25-27-33-26(21-10-5-4-6-11-21)36-39(27)18-17-37(30(42)28-35-34-23-12-7-8-16-38(23)28)15-9-13-24(40)31-22(14-19-43-3)29(41)32-25/h4-6,10-11,20,22,25H,7-9,12-19H2,1-3H3,(H,31,40)(H,32,41)/t22-,25+/m0/s1. The minimum atomic E-state index is -0.672. The summed E-state index contributed by atoms with van der Waals surface area (Å²) in [4.78, 5) is 47.1. The molecule has 3 aromatic rings. The molecule has 2 aliphatic rings. The van der Waals surface area contributed by atoms with Crippen molar-refractivity contribution in [1.29, 1.82) is 0 Å². The van der Waals surface area contributed by atoms with E-state index in [9.17, 15) is 14.4 Å². The number of hydrogen-bond acceptors (Lipinski definition) is 8. The van der Waals surface area contributed by atoms with Crippen molar-refractivity contribution in [3.63, 3.8) is 0 Å². The lowest BCUT2D eigenvalue weighted by atomic mass is 10.0. The second-order valence-corrected chi connectivity index (χ2v) is 12.4. The van der Waals surface area contributed by atoms with Gasteiger partial charge >= 0.3 is 0 Å². The van der Waals surface area contributed by atoms with E-state index in [1.165, 1.54) is 0 Å². The van der Waals surface area contributed by atoms with Crippen molar-refractivity contribution in [1.82, 2.24) is 45.1 Å². The number of hydrogen-bond donors (Lipinski definition) is 2. The SMILES string of the molecule is CSCC[C@@H]1NC(=O)CCCN(C(=O)c2nnc3n2CCCC3)CCn2nc(-c3ccccc3)nc2[C@@H](C(C)C)NC1=O. The van der Waals surface area contributed by atoms with Crippen molar-refractivity contribution < 1.29 is 14.4 Å². The average molecular weight is 608 g/mol. The van der Waals surface area contributed by atoms with Crippen LogP contribution in [0.1, 0.15) is 74.3 Å². The fourth-order valence-electron chi connectivity index (χ4n) is 5.58. The molecule has 4 heterocycles. The summed E-state index contributed by atoms with van der Waals surface area (Å²) >= 11 is 1.63. The quantitative estimate of drug-likeness (QED) is 0.436. The maximum atomic E-state index is 13.9. The Balaban J connectivity index is 1.51. The Labute approximate surface area is 256 Å². The fraction of sp³-hybridized carbons (Fsp3) is 0.567. The molecule has 0 spiro atoms. The Morgan fingerprint density at radius 1 is 1.00 bits per heavy atom. The van der Waals surface area contributed by atoms with Gasteiger partial charge in [-0.2, -0.15) is 16.9 Å². The molecule has 3 amide bonds. The number of aromatic nitrogens is 6. The molecule has 0 unspecified atom stereocenters. The second-order valence-electron chi connectivity index (χ2n) is 11.5. The van der Waals surface area contributed by atoms with E-state index in [0.717, 1.165) is 42.9 Å². The summed E-state index contributed by atoms with van der Waals surface area (Å²) < 4.78 is 3.74. The lowest BCUT2D eigenvalue weighted by molar-refractivity contribution is -0.129.